The van der Waals surface area contributed by atoms with Gasteiger partial charge in [-0.3, -0.25) is 9.59 Å². The maximum atomic E-state index is 12.6. The number of carbonyl (C=O) groups is 1. The van der Waals surface area contributed by atoms with Crippen LogP contribution in [0.1, 0.15) is 38.4 Å². The zero-order valence-electron chi connectivity index (χ0n) is 18.6. The van der Waals surface area contributed by atoms with Crippen LogP contribution in [0.5, 0.6) is 0 Å². The summed E-state index contributed by atoms with van der Waals surface area (Å²) < 4.78 is 13.8. The Kier molecular flexibility index (Phi) is 7.52. The summed E-state index contributed by atoms with van der Waals surface area (Å²) in [6.45, 7) is 4.83. The smallest absolute Gasteiger partial charge is 0.258 e. The Labute approximate surface area is 195 Å². The van der Waals surface area contributed by atoms with Crippen LogP contribution in [0.15, 0.2) is 23.0 Å². The lowest BCUT2D eigenvalue weighted by atomic mass is 10.1. The summed E-state index contributed by atoms with van der Waals surface area (Å²) in [6.07, 6.45) is 5.70. The predicted octanol–water partition coefficient (Wildman–Crippen LogP) is 2.34. The standard InChI is InChI=1S/C22H31N5O3S2/c1-15(28)26-10-7-18(8-11-26)31-14-21-24-20-12-16(5-6-19(20)22(29)25-21)23-17-4-3-9-27(13-17)32(2)30/h5-6,12,17-18,23H,3-4,7-11,13-14H2,1-2H3,(H,24,25,29). The average Bonchev–Trinajstić information content (AvgIpc) is 2.78. The molecule has 0 bridgehead atoms. The molecular formula is C22H31N5O3S2. The van der Waals surface area contributed by atoms with Crippen LogP contribution in [0.3, 0.4) is 0 Å². The number of piperidine rings is 2. The first-order chi connectivity index (χ1) is 15.4. The number of thioether (sulfide) groups is 1. The fraction of sp³-hybridized carbons (Fsp3) is 0.591. The summed E-state index contributed by atoms with van der Waals surface area (Å²) in [5.74, 6) is 1.47. The van der Waals surface area contributed by atoms with Gasteiger partial charge in [-0.15, -0.1) is 0 Å². The topological polar surface area (TPSA) is 98.4 Å². The lowest BCUT2D eigenvalue weighted by Gasteiger charge is -2.31. The molecule has 2 unspecified atom stereocenters. The highest BCUT2D eigenvalue weighted by molar-refractivity contribution is 7.99. The summed E-state index contributed by atoms with van der Waals surface area (Å²) in [4.78, 5) is 33.6. The number of nitrogens with one attached hydrogen (secondary N) is 2. The molecule has 4 rings (SSSR count). The number of H-pyrrole nitrogens is 1. The number of fused-ring (bicyclic) bond motifs is 1. The second-order valence-corrected chi connectivity index (χ2v) is 11.2. The van der Waals surface area contributed by atoms with Crippen molar-refractivity contribution in [2.75, 3.05) is 37.8 Å². The number of amides is 1. The molecule has 0 saturated carbocycles. The van der Waals surface area contributed by atoms with Gasteiger partial charge in [0.05, 0.1) is 27.6 Å². The van der Waals surface area contributed by atoms with E-state index in [2.05, 4.69) is 10.3 Å². The van der Waals surface area contributed by atoms with Gasteiger partial charge >= 0.3 is 0 Å². The van der Waals surface area contributed by atoms with Crippen LogP contribution in [-0.2, 0) is 21.5 Å². The van der Waals surface area contributed by atoms with Crippen molar-refractivity contribution < 1.29 is 9.00 Å². The Balaban J connectivity index is 1.41. The van der Waals surface area contributed by atoms with Gasteiger partial charge < -0.3 is 15.2 Å². The first-order valence-corrected chi connectivity index (χ1v) is 13.7. The fourth-order valence-electron chi connectivity index (χ4n) is 4.41. The SMILES string of the molecule is CC(=O)N1CCC(SCc2nc3cc(NC4CCCN(S(C)=O)C4)ccc3c(=O)[nH]2)CC1. The van der Waals surface area contributed by atoms with Crippen LogP contribution in [0, 0.1) is 0 Å². The summed E-state index contributed by atoms with van der Waals surface area (Å²) in [5.41, 5.74) is 1.50. The Morgan fingerprint density at radius 1 is 1.28 bits per heavy atom. The molecule has 1 aromatic carbocycles. The highest BCUT2D eigenvalue weighted by Crippen LogP contribution is 2.26. The van der Waals surface area contributed by atoms with Crippen molar-refractivity contribution in [2.45, 2.75) is 49.7 Å². The third-order valence-corrected chi connectivity index (χ3v) is 8.66. The van der Waals surface area contributed by atoms with Crippen LogP contribution < -0.4 is 10.9 Å². The molecule has 2 N–H and O–H groups in total. The van der Waals surface area contributed by atoms with E-state index in [-0.39, 0.29) is 17.5 Å². The van der Waals surface area contributed by atoms with E-state index in [0.29, 0.717) is 27.7 Å². The third kappa shape index (κ3) is 5.71. The summed E-state index contributed by atoms with van der Waals surface area (Å²) in [5, 5.41) is 4.58. The molecular weight excluding hydrogens is 446 g/mol. The van der Waals surface area contributed by atoms with E-state index in [1.54, 1.807) is 24.9 Å². The van der Waals surface area contributed by atoms with Gasteiger partial charge in [-0.25, -0.2) is 13.5 Å². The minimum Gasteiger partial charge on any atom is -0.381 e. The number of hydrogen-bond acceptors (Lipinski definition) is 6. The molecule has 0 radical (unpaired) electrons. The molecule has 32 heavy (non-hydrogen) atoms. The summed E-state index contributed by atoms with van der Waals surface area (Å²) >= 11 is 1.80. The molecule has 2 fully saturated rings. The van der Waals surface area contributed by atoms with Crippen LogP contribution in [0.2, 0.25) is 0 Å². The van der Waals surface area contributed by atoms with Gasteiger partial charge in [0.25, 0.3) is 5.56 Å². The number of nitrogens with zero attached hydrogens (tertiary/aromatic N) is 3. The van der Waals surface area contributed by atoms with Crippen molar-refractivity contribution in [1.29, 1.82) is 0 Å². The van der Waals surface area contributed by atoms with Gasteiger partial charge in [0.1, 0.15) is 5.82 Å². The highest BCUT2D eigenvalue weighted by Gasteiger charge is 2.23. The van der Waals surface area contributed by atoms with Crippen LogP contribution in [-0.4, -0.2) is 73.0 Å². The molecule has 3 heterocycles. The lowest BCUT2D eigenvalue weighted by molar-refractivity contribution is -0.129. The quantitative estimate of drug-likeness (QED) is 0.663. The van der Waals surface area contributed by atoms with Crippen LogP contribution in [0.25, 0.3) is 10.9 Å². The number of benzene rings is 1. The monoisotopic (exact) mass is 477 g/mol. The van der Waals surface area contributed by atoms with E-state index in [9.17, 15) is 13.8 Å². The number of rotatable bonds is 6. The molecule has 1 amide bonds. The molecule has 1 aromatic heterocycles. The molecule has 0 spiro atoms. The molecule has 0 aliphatic carbocycles. The number of hydrogen-bond donors (Lipinski definition) is 2. The Bertz CT molecular complexity index is 1050. The molecule has 10 heteroatoms. The molecule has 2 aliphatic heterocycles. The third-order valence-electron chi connectivity index (χ3n) is 6.22. The van der Waals surface area contributed by atoms with Crippen molar-refractivity contribution in [3.63, 3.8) is 0 Å². The van der Waals surface area contributed by atoms with Gasteiger partial charge in [0.2, 0.25) is 5.91 Å². The Morgan fingerprint density at radius 3 is 2.78 bits per heavy atom. The van der Waals surface area contributed by atoms with E-state index >= 15 is 0 Å². The van der Waals surface area contributed by atoms with Crippen molar-refractivity contribution in [3.05, 3.63) is 34.4 Å². The van der Waals surface area contributed by atoms with E-state index in [0.717, 1.165) is 57.5 Å². The summed E-state index contributed by atoms with van der Waals surface area (Å²) in [7, 11) is -0.955. The van der Waals surface area contributed by atoms with Crippen molar-refractivity contribution in [2.24, 2.45) is 0 Å². The zero-order chi connectivity index (χ0) is 22.7. The summed E-state index contributed by atoms with van der Waals surface area (Å²) in [6, 6.07) is 5.89. The number of carbonyl (C=O) groups excluding carboxylic acids is 1. The van der Waals surface area contributed by atoms with Crippen molar-refractivity contribution in [1.82, 2.24) is 19.2 Å². The number of aromatic amines is 1. The van der Waals surface area contributed by atoms with Crippen LogP contribution in [0.4, 0.5) is 5.69 Å². The Hall–Kier alpha value is -1.91. The minimum absolute atomic E-state index is 0.117. The lowest BCUT2D eigenvalue weighted by Crippen LogP contribution is -2.42. The number of likely N-dealkylation sites (tertiary alicyclic amines) is 1. The van der Waals surface area contributed by atoms with Crippen molar-refractivity contribution >= 4 is 45.2 Å². The van der Waals surface area contributed by atoms with E-state index < -0.39 is 11.0 Å². The zero-order valence-corrected chi connectivity index (χ0v) is 20.3. The molecule has 2 aromatic rings. The fourth-order valence-corrected chi connectivity index (χ4v) is 6.26. The molecule has 2 aliphatic rings. The van der Waals surface area contributed by atoms with E-state index in [1.807, 2.05) is 27.4 Å². The van der Waals surface area contributed by atoms with Gasteiger partial charge in [-0.05, 0) is 43.9 Å². The molecule has 174 valence electrons. The average molecular weight is 478 g/mol. The first-order valence-electron chi connectivity index (χ1n) is 11.1. The maximum Gasteiger partial charge on any atom is 0.258 e. The van der Waals surface area contributed by atoms with Crippen molar-refractivity contribution in [3.8, 4) is 0 Å². The van der Waals surface area contributed by atoms with Gasteiger partial charge in [-0.2, -0.15) is 11.8 Å². The van der Waals surface area contributed by atoms with Crippen LogP contribution >= 0.6 is 11.8 Å². The van der Waals surface area contributed by atoms with Gasteiger partial charge in [0, 0.05) is 56.3 Å². The predicted molar refractivity (Wildman–Crippen MR) is 131 cm³/mol. The second kappa shape index (κ2) is 10.4. The second-order valence-electron chi connectivity index (χ2n) is 8.56. The molecule has 2 saturated heterocycles. The van der Waals surface area contributed by atoms with E-state index in [1.165, 1.54) is 0 Å². The number of aromatic nitrogens is 2. The first kappa shape index (κ1) is 23.3. The highest BCUT2D eigenvalue weighted by atomic mass is 32.2. The van der Waals surface area contributed by atoms with Gasteiger partial charge in [0.15, 0.2) is 0 Å². The molecule has 2 atom stereocenters. The van der Waals surface area contributed by atoms with E-state index in [4.69, 9.17) is 4.98 Å². The van der Waals surface area contributed by atoms with Gasteiger partial charge in [-0.1, -0.05) is 0 Å². The largest absolute Gasteiger partial charge is 0.381 e. The Morgan fingerprint density at radius 2 is 2.06 bits per heavy atom. The minimum atomic E-state index is -0.955. The normalized spacial score (nSPS) is 21.6. The molecule has 8 nitrogen and oxygen atoms in total. The number of anilines is 1. The maximum absolute atomic E-state index is 12.6.